The van der Waals surface area contributed by atoms with E-state index < -0.39 is 0 Å². The van der Waals surface area contributed by atoms with Gasteiger partial charge in [0, 0.05) is 26.2 Å². The Bertz CT molecular complexity index is 253. The lowest BCUT2D eigenvalue weighted by molar-refractivity contribution is -0.00925. The van der Waals surface area contributed by atoms with E-state index in [2.05, 4.69) is 0 Å². The van der Waals surface area contributed by atoms with E-state index in [1.54, 1.807) is 14.2 Å². The SMILES string of the molecule is [B][C@@H]1CC(C[C@@H]2C[C@H]([B])O[C@@H]2COC)[C@H](COC)O1. The molecule has 0 aliphatic carbocycles. The Balaban J connectivity index is 1.91. The Morgan fingerprint density at radius 2 is 1.32 bits per heavy atom. The van der Waals surface area contributed by atoms with Crippen LogP contribution in [-0.4, -0.2) is 67.3 Å². The quantitative estimate of drug-likeness (QED) is 0.653. The number of rotatable bonds is 6. The van der Waals surface area contributed by atoms with Crippen LogP contribution in [0.3, 0.4) is 0 Å². The molecule has 2 fully saturated rings. The number of ether oxygens (including phenoxy) is 4. The van der Waals surface area contributed by atoms with Crippen LogP contribution in [0.1, 0.15) is 19.3 Å². The standard InChI is InChI=1S/C13H22B2O4/c1-16-6-10-8(4-12(14)18-10)3-9-5-13(15)19-11(9)7-17-2/h8-13H,3-7H2,1-2H3/t8-,9?,10-,11+,12-,13+/m1/s1. The molecular formula is C13H22B2O4. The Morgan fingerprint density at radius 3 is 1.68 bits per heavy atom. The summed E-state index contributed by atoms with van der Waals surface area (Å²) < 4.78 is 21.8. The number of hydrogen-bond acceptors (Lipinski definition) is 4. The molecule has 0 spiro atoms. The highest BCUT2D eigenvalue weighted by atomic mass is 16.5. The summed E-state index contributed by atoms with van der Waals surface area (Å²) in [6.07, 6.45) is 2.92. The van der Waals surface area contributed by atoms with E-state index in [4.69, 9.17) is 34.6 Å². The summed E-state index contributed by atoms with van der Waals surface area (Å²) in [6, 6.07) is -0.357. The number of hydrogen-bond donors (Lipinski definition) is 0. The predicted octanol–water partition coefficient (Wildman–Crippen LogP) is 0.469. The zero-order valence-electron chi connectivity index (χ0n) is 11.8. The van der Waals surface area contributed by atoms with Crippen LogP contribution in [-0.2, 0) is 18.9 Å². The van der Waals surface area contributed by atoms with Crippen LogP contribution in [0.5, 0.6) is 0 Å². The molecule has 2 aliphatic heterocycles. The van der Waals surface area contributed by atoms with Gasteiger partial charge in [0.15, 0.2) is 0 Å². The molecule has 0 aromatic carbocycles. The number of methoxy groups -OCH3 is 2. The molecule has 6 atom stereocenters. The van der Waals surface area contributed by atoms with Crippen molar-refractivity contribution in [3.63, 3.8) is 0 Å². The molecule has 1 unspecified atom stereocenters. The zero-order valence-corrected chi connectivity index (χ0v) is 11.8. The van der Waals surface area contributed by atoms with Crippen molar-refractivity contribution in [1.29, 1.82) is 0 Å². The first-order chi connectivity index (χ1) is 9.13. The van der Waals surface area contributed by atoms with Gasteiger partial charge < -0.3 is 18.9 Å². The van der Waals surface area contributed by atoms with Crippen molar-refractivity contribution in [2.75, 3.05) is 27.4 Å². The fraction of sp³-hybridized carbons (Fsp3) is 1.00. The van der Waals surface area contributed by atoms with Gasteiger partial charge in [-0.1, -0.05) is 0 Å². The predicted molar refractivity (Wildman–Crippen MR) is 73.4 cm³/mol. The Hall–Kier alpha value is -0.0301. The summed E-state index contributed by atoms with van der Waals surface area (Å²) in [5, 5.41) is 0. The molecule has 2 rings (SSSR count). The second-order valence-electron chi connectivity index (χ2n) is 5.56. The third kappa shape index (κ3) is 3.97. The minimum atomic E-state index is -0.179. The van der Waals surface area contributed by atoms with Crippen LogP contribution >= 0.6 is 0 Å². The Labute approximate surface area is 118 Å². The fourth-order valence-corrected chi connectivity index (χ4v) is 3.25. The van der Waals surface area contributed by atoms with Gasteiger partial charge in [-0.15, -0.1) is 0 Å². The van der Waals surface area contributed by atoms with Crippen molar-refractivity contribution in [3.8, 4) is 0 Å². The molecule has 2 saturated heterocycles. The summed E-state index contributed by atoms with van der Waals surface area (Å²) >= 11 is 0. The normalized spacial score (nSPS) is 42.8. The second-order valence-corrected chi connectivity index (χ2v) is 5.56. The highest BCUT2D eigenvalue weighted by Crippen LogP contribution is 2.37. The minimum absolute atomic E-state index is 0.0834. The molecular weight excluding hydrogens is 242 g/mol. The molecule has 0 bridgehead atoms. The molecule has 0 N–H and O–H groups in total. The van der Waals surface area contributed by atoms with Crippen molar-refractivity contribution >= 4 is 15.7 Å². The van der Waals surface area contributed by atoms with E-state index in [1.165, 1.54) is 0 Å². The lowest BCUT2D eigenvalue weighted by Gasteiger charge is -2.24. The smallest absolute Gasteiger partial charge is 0.109 e. The lowest BCUT2D eigenvalue weighted by atomic mass is 9.80. The molecule has 19 heavy (non-hydrogen) atoms. The van der Waals surface area contributed by atoms with E-state index in [-0.39, 0.29) is 24.2 Å². The van der Waals surface area contributed by atoms with Crippen LogP contribution in [0.15, 0.2) is 0 Å². The van der Waals surface area contributed by atoms with E-state index in [9.17, 15) is 0 Å². The molecule has 0 amide bonds. The van der Waals surface area contributed by atoms with Crippen LogP contribution in [0.25, 0.3) is 0 Å². The fourth-order valence-electron chi connectivity index (χ4n) is 3.25. The molecule has 0 aromatic rings. The zero-order chi connectivity index (χ0) is 13.8. The van der Waals surface area contributed by atoms with Gasteiger partial charge in [0.25, 0.3) is 0 Å². The van der Waals surface area contributed by atoms with Crippen molar-refractivity contribution in [2.24, 2.45) is 11.8 Å². The van der Waals surface area contributed by atoms with E-state index >= 15 is 0 Å². The minimum Gasteiger partial charge on any atom is -0.382 e. The van der Waals surface area contributed by atoms with Gasteiger partial charge in [-0.25, -0.2) is 0 Å². The second kappa shape index (κ2) is 7.11. The third-order valence-electron chi connectivity index (χ3n) is 4.09. The van der Waals surface area contributed by atoms with Gasteiger partial charge in [-0.05, 0) is 31.1 Å². The average Bonchev–Trinajstić information content (AvgIpc) is 2.85. The maximum atomic E-state index is 5.88. The van der Waals surface area contributed by atoms with Gasteiger partial charge in [0.2, 0.25) is 0 Å². The molecule has 4 nitrogen and oxygen atoms in total. The Morgan fingerprint density at radius 1 is 0.895 bits per heavy atom. The van der Waals surface area contributed by atoms with Crippen LogP contribution in [0, 0.1) is 11.8 Å². The highest BCUT2D eigenvalue weighted by molar-refractivity contribution is 6.11. The van der Waals surface area contributed by atoms with Gasteiger partial charge in [0.05, 0.1) is 25.4 Å². The van der Waals surface area contributed by atoms with Crippen molar-refractivity contribution < 1.29 is 18.9 Å². The molecule has 104 valence electrons. The summed E-state index contributed by atoms with van der Waals surface area (Å²) in [4.78, 5) is 0. The highest BCUT2D eigenvalue weighted by Gasteiger charge is 2.39. The van der Waals surface area contributed by atoms with E-state index in [0.717, 1.165) is 19.3 Å². The maximum absolute atomic E-state index is 5.88. The van der Waals surface area contributed by atoms with Crippen LogP contribution < -0.4 is 0 Å². The molecule has 2 aliphatic rings. The molecule has 0 saturated carbocycles. The molecule has 2 heterocycles. The van der Waals surface area contributed by atoms with Gasteiger partial charge in [0.1, 0.15) is 15.7 Å². The van der Waals surface area contributed by atoms with Crippen molar-refractivity contribution in [2.45, 2.75) is 43.5 Å². The topological polar surface area (TPSA) is 36.9 Å². The van der Waals surface area contributed by atoms with Crippen molar-refractivity contribution in [3.05, 3.63) is 0 Å². The lowest BCUT2D eigenvalue weighted by Crippen LogP contribution is -2.28. The Kier molecular flexibility index (Phi) is 5.75. The summed E-state index contributed by atoms with van der Waals surface area (Å²) in [5.41, 5.74) is 0. The van der Waals surface area contributed by atoms with Crippen LogP contribution in [0.2, 0.25) is 0 Å². The molecule has 4 radical (unpaired) electrons. The third-order valence-corrected chi connectivity index (χ3v) is 4.09. The molecule has 0 aromatic heterocycles. The average molecular weight is 264 g/mol. The molecule has 6 heteroatoms. The maximum Gasteiger partial charge on any atom is 0.109 e. The van der Waals surface area contributed by atoms with Gasteiger partial charge >= 0.3 is 0 Å². The first-order valence-electron chi connectivity index (χ1n) is 6.94. The monoisotopic (exact) mass is 264 g/mol. The first kappa shape index (κ1) is 15.4. The van der Waals surface area contributed by atoms with Crippen LogP contribution in [0.4, 0.5) is 0 Å². The van der Waals surface area contributed by atoms with Gasteiger partial charge in [-0.3, -0.25) is 0 Å². The van der Waals surface area contributed by atoms with Gasteiger partial charge in [-0.2, -0.15) is 0 Å². The van der Waals surface area contributed by atoms with E-state index in [0.29, 0.717) is 25.0 Å². The first-order valence-corrected chi connectivity index (χ1v) is 6.94. The largest absolute Gasteiger partial charge is 0.382 e. The summed E-state index contributed by atoms with van der Waals surface area (Å²) in [7, 11) is 15.1. The summed E-state index contributed by atoms with van der Waals surface area (Å²) in [5.74, 6) is 0.821. The summed E-state index contributed by atoms with van der Waals surface area (Å²) in [6.45, 7) is 1.18. The van der Waals surface area contributed by atoms with Crippen molar-refractivity contribution in [1.82, 2.24) is 0 Å². The van der Waals surface area contributed by atoms with E-state index in [1.807, 2.05) is 0 Å².